The molecule has 7 nitrogen and oxygen atoms in total. The number of benzene rings is 2. The molecule has 0 saturated carbocycles. The zero-order chi connectivity index (χ0) is 20.9. The van der Waals surface area contributed by atoms with Crippen LogP contribution < -0.4 is 10.0 Å². The molecule has 3 N–H and O–H groups in total. The predicted octanol–water partition coefficient (Wildman–Crippen LogP) is 2.91. The quantitative estimate of drug-likeness (QED) is 0.543. The molecule has 0 unspecified atom stereocenters. The first-order chi connectivity index (χ1) is 13.9. The summed E-state index contributed by atoms with van der Waals surface area (Å²) in [5.74, 6) is 5.02. The summed E-state index contributed by atoms with van der Waals surface area (Å²) in [6, 6.07) is 12.9. The lowest BCUT2D eigenvalue weighted by Gasteiger charge is -2.09. The fourth-order valence-electron chi connectivity index (χ4n) is 2.43. The molecule has 0 fully saturated rings. The first kappa shape index (κ1) is 20.5. The van der Waals surface area contributed by atoms with E-state index in [2.05, 4.69) is 26.9 Å². The molecule has 1 aromatic heterocycles. The molecule has 0 aliphatic carbocycles. The fourth-order valence-corrected chi connectivity index (χ4v) is 4.24. The molecule has 1 heterocycles. The standard InChI is InChI=1S/C20H17N3O4S2/c1-14(25)21-20-22-19(13-28-20)16-5-2-6-17(12-16)23-29(26,27)18-9-7-15(8-10-18)4-3-11-24/h2,5-10,12-13,23-24H,11H2,1H3,(H,21,22,25). The van der Waals surface area contributed by atoms with Crippen LogP contribution in [0.2, 0.25) is 0 Å². The average molecular weight is 428 g/mol. The normalized spacial score (nSPS) is 10.7. The number of hydrogen-bond donors (Lipinski definition) is 3. The van der Waals surface area contributed by atoms with Crippen molar-refractivity contribution in [2.24, 2.45) is 0 Å². The van der Waals surface area contributed by atoms with Gasteiger partial charge < -0.3 is 10.4 Å². The lowest BCUT2D eigenvalue weighted by Crippen LogP contribution is -2.12. The van der Waals surface area contributed by atoms with Crippen molar-refractivity contribution in [3.05, 3.63) is 59.5 Å². The number of aliphatic hydroxyl groups is 1. The summed E-state index contributed by atoms with van der Waals surface area (Å²) in [4.78, 5) is 15.6. The van der Waals surface area contributed by atoms with E-state index in [0.717, 1.165) is 0 Å². The lowest BCUT2D eigenvalue weighted by atomic mass is 10.1. The van der Waals surface area contributed by atoms with Gasteiger partial charge in [-0.05, 0) is 36.4 Å². The summed E-state index contributed by atoms with van der Waals surface area (Å²) in [6.07, 6.45) is 0. The molecular weight excluding hydrogens is 410 g/mol. The molecule has 0 atom stereocenters. The van der Waals surface area contributed by atoms with E-state index in [1.54, 1.807) is 41.8 Å². The largest absolute Gasteiger partial charge is 0.384 e. The van der Waals surface area contributed by atoms with Crippen LogP contribution in [-0.2, 0) is 14.8 Å². The van der Waals surface area contributed by atoms with Crippen LogP contribution in [-0.4, -0.2) is 31.0 Å². The zero-order valence-electron chi connectivity index (χ0n) is 15.3. The Hall–Kier alpha value is -3.19. The number of hydrogen-bond acceptors (Lipinski definition) is 6. The van der Waals surface area contributed by atoms with Gasteiger partial charge in [0.2, 0.25) is 5.91 Å². The number of aromatic nitrogens is 1. The van der Waals surface area contributed by atoms with Gasteiger partial charge in [0, 0.05) is 29.1 Å². The minimum atomic E-state index is -3.78. The van der Waals surface area contributed by atoms with E-state index in [-0.39, 0.29) is 17.4 Å². The number of sulfonamides is 1. The van der Waals surface area contributed by atoms with Crippen LogP contribution in [0.4, 0.5) is 10.8 Å². The summed E-state index contributed by atoms with van der Waals surface area (Å²) in [5, 5.41) is 13.6. The second kappa shape index (κ2) is 8.87. The van der Waals surface area contributed by atoms with E-state index < -0.39 is 10.0 Å². The molecule has 0 saturated heterocycles. The second-order valence-electron chi connectivity index (χ2n) is 5.89. The van der Waals surface area contributed by atoms with Crippen LogP contribution in [0, 0.1) is 11.8 Å². The van der Waals surface area contributed by atoms with Crippen molar-refractivity contribution < 1.29 is 18.3 Å². The Kier molecular flexibility index (Phi) is 6.29. The third-order valence-corrected chi connectivity index (χ3v) is 5.83. The number of nitrogens with zero attached hydrogens (tertiary/aromatic N) is 1. The molecule has 3 rings (SSSR count). The molecule has 148 valence electrons. The molecule has 0 spiro atoms. The number of nitrogens with one attached hydrogen (secondary N) is 2. The highest BCUT2D eigenvalue weighted by Crippen LogP contribution is 2.27. The maximum absolute atomic E-state index is 12.7. The van der Waals surface area contributed by atoms with Gasteiger partial charge in [0.15, 0.2) is 5.13 Å². The number of carbonyl (C=O) groups is 1. The highest BCUT2D eigenvalue weighted by molar-refractivity contribution is 7.92. The number of anilines is 2. The van der Waals surface area contributed by atoms with Crippen LogP contribution in [0.25, 0.3) is 11.3 Å². The Balaban J connectivity index is 1.80. The average Bonchev–Trinajstić information content (AvgIpc) is 3.14. The number of rotatable bonds is 5. The van der Waals surface area contributed by atoms with E-state index >= 15 is 0 Å². The number of thiazole rings is 1. The molecule has 1 amide bonds. The van der Waals surface area contributed by atoms with Gasteiger partial charge in [-0.25, -0.2) is 13.4 Å². The predicted molar refractivity (Wildman–Crippen MR) is 113 cm³/mol. The number of aliphatic hydroxyl groups excluding tert-OH is 1. The summed E-state index contributed by atoms with van der Waals surface area (Å²) < 4.78 is 27.9. The van der Waals surface area contributed by atoms with Crippen molar-refractivity contribution >= 4 is 38.1 Å². The minimum Gasteiger partial charge on any atom is -0.384 e. The molecule has 9 heteroatoms. The highest BCUT2D eigenvalue weighted by Gasteiger charge is 2.15. The summed E-state index contributed by atoms with van der Waals surface area (Å²) in [7, 11) is -3.78. The van der Waals surface area contributed by atoms with Gasteiger partial charge in [0.1, 0.15) is 6.61 Å². The van der Waals surface area contributed by atoms with E-state index in [0.29, 0.717) is 27.6 Å². The van der Waals surface area contributed by atoms with Gasteiger partial charge in [-0.2, -0.15) is 0 Å². The van der Waals surface area contributed by atoms with Crippen molar-refractivity contribution in [1.29, 1.82) is 0 Å². The van der Waals surface area contributed by atoms with Crippen LogP contribution in [0.15, 0.2) is 58.8 Å². The maximum atomic E-state index is 12.7. The van der Waals surface area contributed by atoms with Crippen molar-refractivity contribution in [3.8, 4) is 23.1 Å². The van der Waals surface area contributed by atoms with E-state index in [4.69, 9.17) is 5.11 Å². The van der Waals surface area contributed by atoms with Gasteiger partial charge in [0.25, 0.3) is 10.0 Å². The van der Waals surface area contributed by atoms with Gasteiger partial charge in [-0.15, -0.1) is 11.3 Å². The lowest BCUT2D eigenvalue weighted by molar-refractivity contribution is -0.114. The Morgan fingerprint density at radius 1 is 1.21 bits per heavy atom. The first-order valence-corrected chi connectivity index (χ1v) is 10.8. The Morgan fingerprint density at radius 3 is 2.66 bits per heavy atom. The number of carbonyl (C=O) groups excluding carboxylic acids is 1. The third kappa shape index (κ3) is 5.42. The van der Waals surface area contributed by atoms with Crippen molar-refractivity contribution in [2.45, 2.75) is 11.8 Å². The Morgan fingerprint density at radius 2 is 1.97 bits per heavy atom. The van der Waals surface area contributed by atoms with Gasteiger partial charge in [-0.3, -0.25) is 9.52 Å². The van der Waals surface area contributed by atoms with E-state index in [1.807, 2.05) is 0 Å². The molecular formula is C20H17N3O4S2. The van der Waals surface area contributed by atoms with Crippen LogP contribution in [0.5, 0.6) is 0 Å². The summed E-state index contributed by atoms with van der Waals surface area (Å²) >= 11 is 1.29. The summed E-state index contributed by atoms with van der Waals surface area (Å²) in [5.41, 5.74) is 2.35. The van der Waals surface area contributed by atoms with Crippen LogP contribution >= 0.6 is 11.3 Å². The van der Waals surface area contributed by atoms with E-state index in [1.165, 1.54) is 30.4 Å². The van der Waals surface area contributed by atoms with E-state index in [9.17, 15) is 13.2 Å². The SMILES string of the molecule is CC(=O)Nc1nc(-c2cccc(NS(=O)(=O)c3ccc(C#CCO)cc3)c2)cs1. The topological polar surface area (TPSA) is 108 Å². The maximum Gasteiger partial charge on any atom is 0.261 e. The molecule has 2 aromatic carbocycles. The molecule has 29 heavy (non-hydrogen) atoms. The van der Waals surface area contributed by atoms with Gasteiger partial charge in [-0.1, -0.05) is 24.0 Å². The number of amides is 1. The molecule has 3 aromatic rings. The molecule has 0 bridgehead atoms. The third-order valence-electron chi connectivity index (χ3n) is 3.67. The monoisotopic (exact) mass is 427 g/mol. The fraction of sp³-hybridized carbons (Fsp3) is 0.100. The summed E-state index contributed by atoms with van der Waals surface area (Å²) in [6.45, 7) is 1.14. The van der Waals surface area contributed by atoms with Crippen LogP contribution in [0.1, 0.15) is 12.5 Å². The van der Waals surface area contributed by atoms with Gasteiger partial charge >= 0.3 is 0 Å². The van der Waals surface area contributed by atoms with Crippen molar-refractivity contribution in [3.63, 3.8) is 0 Å². The molecule has 0 aliphatic rings. The van der Waals surface area contributed by atoms with Crippen molar-refractivity contribution in [2.75, 3.05) is 16.6 Å². The second-order valence-corrected chi connectivity index (χ2v) is 8.43. The smallest absolute Gasteiger partial charge is 0.261 e. The Labute approximate surface area is 172 Å². The molecule has 0 aliphatic heterocycles. The zero-order valence-corrected chi connectivity index (χ0v) is 17.0. The van der Waals surface area contributed by atoms with Crippen molar-refractivity contribution in [1.82, 2.24) is 4.98 Å². The van der Waals surface area contributed by atoms with Gasteiger partial charge in [0.05, 0.1) is 10.6 Å². The minimum absolute atomic E-state index is 0.0963. The molecule has 0 radical (unpaired) electrons. The first-order valence-electron chi connectivity index (χ1n) is 8.43. The Bertz CT molecular complexity index is 1190. The highest BCUT2D eigenvalue weighted by atomic mass is 32.2. The van der Waals surface area contributed by atoms with Crippen LogP contribution in [0.3, 0.4) is 0 Å².